The number of carbonyl (C=O) groups is 1. The van der Waals surface area contributed by atoms with Gasteiger partial charge < -0.3 is 4.52 Å². The van der Waals surface area contributed by atoms with Crippen molar-refractivity contribution < 1.29 is 9.32 Å². The average molecular weight is 214 g/mol. The fraction of sp³-hybridized carbons (Fsp3) is 0. The Kier molecular flexibility index (Phi) is 2.67. The third-order valence-electron chi connectivity index (χ3n) is 2.01. The van der Waals surface area contributed by atoms with Gasteiger partial charge in [-0.3, -0.25) is 4.79 Å². The maximum atomic E-state index is 10.9. The molecule has 0 saturated carbocycles. The van der Waals surface area contributed by atoms with Crippen molar-refractivity contribution in [2.24, 2.45) is 5.11 Å². The highest BCUT2D eigenvalue weighted by Gasteiger charge is 2.15. The smallest absolute Gasteiger partial charge is 0.234 e. The molecule has 78 valence electrons. The number of nitrogens with zero attached hydrogens (tertiary/aromatic N) is 4. The molecule has 1 aromatic carbocycles. The molecule has 0 bridgehead atoms. The third-order valence-corrected chi connectivity index (χ3v) is 2.01. The van der Waals surface area contributed by atoms with Crippen LogP contribution in [0.15, 0.2) is 40.0 Å². The fourth-order valence-corrected chi connectivity index (χ4v) is 1.31. The van der Waals surface area contributed by atoms with Crippen molar-refractivity contribution in [3.8, 4) is 11.3 Å². The number of benzene rings is 1. The topological polar surface area (TPSA) is 91.9 Å². The predicted molar refractivity (Wildman–Crippen MR) is 56.1 cm³/mol. The van der Waals surface area contributed by atoms with Gasteiger partial charge in [-0.05, 0) is 10.6 Å². The number of rotatable bonds is 3. The van der Waals surface area contributed by atoms with Crippen LogP contribution in [0.4, 0.5) is 5.88 Å². The quantitative estimate of drug-likeness (QED) is 0.340. The number of carbonyl (C=O) groups excluding carboxylic acids is 1. The second-order valence-corrected chi connectivity index (χ2v) is 2.92. The molecule has 1 heterocycles. The summed E-state index contributed by atoms with van der Waals surface area (Å²) in [6, 6.07) is 9.03. The highest BCUT2D eigenvalue weighted by molar-refractivity contribution is 5.90. The molecule has 0 aliphatic heterocycles. The van der Waals surface area contributed by atoms with Gasteiger partial charge in [0.25, 0.3) is 0 Å². The molecule has 0 aliphatic rings. The van der Waals surface area contributed by atoms with Crippen molar-refractivity contribution in [1.29, 1.82) is 0 Å². The Morgan fingerprint density at radius 3 is 2.75 bits per heavy atom. The minimum atomic E-state index is -0.114. The summed E-state index contributed by atoms with van der Waals surface area (Å²) in [4.78, 5) is 13.4. The molecule has 0 atom stereocenters. The molecule has 0 spiro atoms. The monoisotopic (exact) mass is 214 g/mol. The van der Waals surface area contributed by atoms with Crippen molar-refractivity contribution in [3.05, 3.63) is 46.3 Å². The van der Waals surface area contributed by atoms with Crippen LogP contribution < -0.4 is 0 Å². The highest BCUT2D eigenvalue weighted by atomic mass is 16.5. The number of aromatic nitrogens is 1. The second kappa shape index (κ2) is 4.29. The van der Waals surface area contributed by atoms with E-state index in [1.807, 2.05) is 18.2 Å². The van der Waals surface area contributed by atoms with E-state index < -0.39 is 0 Å². The number of hydrogen-bond donors (Lipinski definition) is 0. The molecule has 6 heteroatoms. The van der Waals surface area contributed by atoms with Gasteiger partial charge in [-0.1, -0.05) is 35.5 Å². The average Bonchev–Trinajstić information content (AvgIpc) is 2.73. The van der Waals surface area contributed by atoms with Crippen LogP contribution in [0.3, 0.4) is 0 Å². The first kappa shape index (κ1) is 9.95. The molecule has 0 fully saturated rings. The van der Waals surface area contributed by atoms with Gasteiger partial charge in [-0.15, -0.1) is 0 Å². The molecule has 16 heavy (non-hydrogen) atoms. The van der Waals surface area contributed by atoms with E-state index in [0.717, 1.165) is 5.56 Å². The molecular formula is C10H6N4O2. The zero-order valence-electron chi connectivity index (χ0n) is 8.07. The number of aldehydes is 1. The summed E-state index contributed by atoms with van der Waals surface area (Å²) < 4.78 is 4.78. The van der Waals surface area contributed by atoms with E-state index in [1.165, 1.54) is 0 Å². The van der Waals surface area contributed by atoms with Crippen molar-refractivity contribution in [3.63, 3.8) is 0 Å². The van der Waals surface area contributed by atoms with E-state index >= 15 is 0 Å². The molecule has 0 radical (unpaired) electrons. The van der Waals surface area contributed by atoms with Crippen molar-refractivity contribution in [2.45, 2.75) is 0 Å². The Morgan fingerprint density at radius 2 is 2.12 bits per heavy atom. The van der Waals surface area contributed by atoms with Gasteiger partial charge in [-0.25, -0.2) is 0 Å². The molecule has 0 aliphatic carbocycles. The second-order valence-electron chi connectivity index (χ2n) is 2.92. The van der Waals surface area contributed by atoms with Gasteiger partial charge in [0.15, 0.2) is 6.29 Å². The van der Waals surface area contributed by atoms with Crippen LogP contribution in [0.5, 0.6) is 0 Å². The zero-order valence-corrected chi connectivity index (χ0v) is 8.07. The van der Waals surface area contributed by atoms with Gasteiger partial charge >= 0.3 is 0 Å². The molecule has 0 N–H and O–H groups in total. The minimum absolute atomic E-state index is 0.114. The third kappa shape index (κ3) is 1.65. The zero-order chi connectivity index (χ0) is 11.4. The SMILES string of the molecule is [N-]=[N+]=Nc1onc(-c2ccccc2)c1C=O. The van der Waals surface area contributed by atoms with E-state index in [0.29, 0.717) is 12.0 Å². The Balaban J connectivity index is 2.58. The van der Waals surface area contributed by atoms with Crippen LogP contribution in [-0.2, 0) is 0 Å². The summed E-state index contributed by atoms with van der Waals surface area (Å²) in [5.41, 5.74) is 9.53. The first-order valence-corrected chi connectivity index (χ1v) is 4.42. The molecule has 0 saturated heterocycles. The lowest BCUT2D eigenvalue weighted by Gasteiger charge is -1.94. The van der Waals surface area contributed by atoms with Gasteiger partial charge in [0.1, 0.15) is 5.69 Å². The normalized spacial score (nSPS) is 9.50. The van der Waals surface area contributed by atoms with E-state index in [9.17, 15) is 4.79 Å². The van der Waals surface area contributed by atoms with Crippen LogP contribution in [0, 0.1) is 0 Å². The van der Waals surface area contributed by atoms with Crippen LogP contribution in [-0.4, -0.2) is 11.4 Å². The molecule has 0 amide bonds. The summed E-state index contributed by atoms with van der Waals surface area (Å²) in [5.74, 6) is -0.114. The van der Waals surface area contributed by atoms with Crippen molar-refractivity contribution >= 4 is 12.2 Å². The maximum absolute atomic E-state index is 10.9. The Morgan fingerprint density at radius 1 is 1.38 bits per heavy atom. The lowest BCUT2D eigenvalue weighted by Crippen LogP contribution is -1.83. The first-order chi connectivity index (χ1) is 7.86. The number of hydrogen-bond acceptors (Lipinski definition) is 4. The van der Waals surface area contributed by atoms with Gasteiger partial charge in [0.05, 0.1) is 5.56 Å². The molecule has 2 rings (SSSR count). The largest absolute Gasteiger partial charge is 0.353 e. The van der Waals surface area contributed by atoms with Crippen LogP contribution in [0.25, 0.3) is 21.7 Å². The number of azide groups is 1. The fourth-order valence-electron chi connectivity index (χ4n) is 1.31. The Hall–Kier alpha value is -2.59. The van der Waals surface area contributed by atoms with Gasteiger partial charge in [0.2, 0.25) is 5.88 Å². The molecule has 0 unspecified atom stereocenters. The van der Waals surface area contributed by atoms with Gasteiger partial charge in [0, 0.05) is 10.5 Å². The van der Waals surface area contributed by atoms with Gasteiger partial charge in [-0.2, -0.15) is 0 Å². The highest BCUT2D eigenvalue weighted by Crippen LogP contribution is 2.28. The summed E-state index contributed by atoms with van der Waals surface area (Å²) in [5, 5.41) is 6.95. The first-order valence-electron chi connectivity index (χ1n) is 4.42. The predicted octanol–water partition coefficient (Wildman–Crippen LogP) is 3.10. The van der Waals surface area contributed by atoms with Crippen LogP contribution >= 0.6 is 0 Å². The molecular weight excluding hydrogens is 208 g/mol. The van der Waals surface area contributed by atoms with Crippen LogP contribution in [0.1, 0.15) is 10.4 Å². The van der Waals surface area contributed by atoms with Crippen LogP contribution in [0.2, 0.25) is 0 Å². The molecule has 1 aromatic heterocycles. The summed E-state index contributed by atoms with van der Waals surface area (Å²) in [6.07, 6.45) is 0.558. The van der Waals surface area contributed by atoms with E-state index in [4.69, 9.17) is 10.1 Å². The van der Waals surface area contributed by atoms with E-state index in [2.05, 4.69) is 15.2 Å². The Labute approximate surface area is 90.1 Å². The lowest BCUT2D eigenvalue weighted by molar-refractivity contribution is 0.112. The van der Waals surface area contributed by atoms with Crippen molar-refractivity contribution in [2.75, 3.05) is 0 Å². The van der Waals surface area contributed by atoms with Crippen molar-refractivity contribution in [1.82, 2.24) is 5.16 Å². The Bertz CT molecular complexity index is 555. The minimum Gasteiger partial charge on any atom is -0.353 e. The molecule has 6 nitrogen and oxygen atoms in total. The standard InChI is InChI=1S/C10H6N4O2/c11-14-12-10-8(6-15)9(13-16-10)7-4-2-1-3-5-7/h1-6H. The molecule has 2 aromatic rings. The lowest BCUT2D eigenvalue weighted by atomic mass is 10.1. The summed E-state index contributed by atoms with van der Waals surface area (Å²) in [7, 11) is 0. The summed E-state index contributed by atoms with van der Waals surface area (Å²) >= 11 is 0. The van der Waals surface area contributed by atoms with E-state index in [-0.39, 0.29) is 11.4 Å². The maximum Gasteiger partial charge on any atom is 0.234 e. The summed E-state index contributed by atoms with van der Waals surface area (Å²) in [6.45, 7) is 0. The van der Waals surface area contributed by atoms with E-state index in [1.54, 1.807) is 12.1 Å².